The van der Waals surface area contributed by atoms with Crippen molar-refractivity contribution in [3.8, 4) is 0 Å². The second-order valence-corrected chi connectivity index (χ2v) is 5.32. The predicted molar refractivity (Wildman–Crippen MR) is 83.4 cm³/mol. The molecule has 0 aliphatic heterocycles. The summed E-state index contributed by atoms with van der Waals surface area (Å²) in [6.45, 7) is 5.04. The Morgan fingerprint density at radius 2 is 1.75 bits per heavy atom. The Bertz CT molecular complexity index is 573. The van der Waals surface area contributed by atoms with Crippen molar-refractivity contribution in [3.05, 3.63) is 57.6 Å². The van der Waals surface area contributed by atoms with E-state index in [2.05, 4.69) is 29.1 Å². The van der Waals surface area contributed by atoms with Crippen molar-refractivity contribution >= 4 is 11.6 Å². The lowest BCUT2D eigenvalue weighted by molar-refractivity contribution is 0.766. The monoisotopic (exact) mass is 289 g/mol. The van der Waals surface area contributed by atoms with Gasteiger partial charge in [0, 0.05) is 22.8 Å². The number of aryl methyl sites for hydroxylation is 2. The van der Waals surface area contributed by atoms with Crippen LogP contribution in [-0.4, -0.2) is 23.6 Å². The van der Waals surface area contributed by atoms with E-state index in [9.17, 15) is 0 Å². The second kappa shape index (κ2) is 6.82. The van der Waals surface area contributed by atoms with E-state index in [1.807, 2.05) is 31.3 Å². The molecule has 4 heteroatoms. The van der Waals surface area contributed by atoms with E-state index in [0.717, 1.165) is 40.8 Å². The Balaban J connectivity index is 2.24. The molecule has 0 saturated carbocycles. The van der Waals surface area contributed by atoms with Gasteiger partial charge in [0.05, 0.1) is 0 Å². The number of rotatable bonds is 5. The molecule has 0 atom stereocenters. The van der Waals surface area contributed by atoms with E-state index >= 15 is 0 Å². The Morgan fingerprint density at radius 3 is 2.35 bits per heavy atom. The van der Waals surface area contributed by atoms with Crippen molar-refractivity contribution < 1.29 is 0 Å². The molecule has 0 amide bonds. The number of likely N-dealkylation sites (N-methyl/N-ethyl adjacent to an activating group) is 1. The average molecular weight is 290 g/mol. The molecule has 106 valence electrons. The van der Waals surface area contributed by atoms with Gasteiger partial charge in [0.15, 0.2) is 0 Å². The fraction of sp³-hybridized carbons (Fsp3) is 0.375. The Morgan fingerprint density at radius 1 is 1.10 bits per heavy atom. The normalized spacial score (nSPS) is 10.8. The van der Waals surface area contributed by atoms with Crippen LogP contribution in [0.15, 0.2) is 24.3 Å². The van der Waals surface area contributed by atoms with Gasteiger partial charge in [-0.25, -0.2) is 9.97 Å². The summed E-state index contributed by atoms with van der Waals surface area (Å²) in [7, 11) is 1.96. The summed E-state index contributed by atoms with van der Waals surface area (Å²) < 4.78 is 0. The van der Waals surface area contributed by atoms with Gasteiger partial charge < -0.3 is 5.32 Å². The molecule has 0 radical (unpaired) electrons. The molecule has 0 saturated heterocycles. The summed E-state index contributed by atoms with van der Waals surface area (Å²) in [6, 6.07) is 7.84. The Labute approximate surface area is 125 Å². The molecule has 1 heterocycles. The molecule has 1 aromatic heterocycles. The van der Waals surface area contributed by atoms with E-state index in [1.165, 1.54) is 5.56 Å². The summed E-state index contributed by atoms with van der Waals surface area (Å²) in [5.41, 5.74) is 4.43. The van der Waals surface area contributed by atoms with E-state index in [0.29, 0.717) is 6.42 Å². The number of halogens is 1. The summed E-state index contributed by atoms with van der Waals surface area (Å²) in [5.74, 6) is 0.835. The molecule has 0 bridgehead atoms. The van der Waals surface area contributed by atoms with E-state index in [1.54, 1.807) is 0 Å². The molecule has 0 fully saturated rings. The van der Waals surface area contributed by atoms with Gasteiger partial charge in [0.1, 0.15) is 5.82 Å². The van der Waals surface area contributed by atoms with Gasteiger partial charge in [-0.3, -0.25) is 0 Å². The van der Waals surface area contributed by atoms with Crippen molar-refractivity contribution in [1.29, 1.82) is 0 Å². The van der Waals surface area contributed by atoms with Crippen LogP contribution in [-0.2, 0) is 12.8 Å². The molecule has 3 nitrogen and oxygen atoms in total. The first kappa shape index (κ1) is 14.9. The highest BCUT2D eigenvalue weighted by Crippen LogP contribution is 2.19. The number of aromatic nitrogens is 2. The quantitative estimate of drug-likeness (QED) is 0.919. The molecule has 2 rings (SSSR count). The first-order chi connectivity index (χ1) is 9.61. The average Bonchev–Trinajstić information content (AvgIpc) is 2.41. The van der Waals surface area contributed by atoms with Gasteiger partial charge in [-0.15, -0.1) is 0 Å². The molecule has 0 aliphatic rings. The highest BCUT2D eigenvalue weighted by molar-refractivity contribution is 6.31. The topological polar surface area (TPSA) is 37.8 Å². The van der Waals surface area contributed by atoms with Crippen molar-refractivity contribution in [1.82, 2.24) is 15.3 Å². The Kier molecular flexibility index (Phi) is 5.10. The minimum Gasteiger partial charge on any atom is -0.319 e. The van der Waals surface area contributed by atoms with Gasteiger partial charge in [-0.05, 0) is 51.1 Å². The minimum absolute atomic E-state index is 0.674. The summed E-state index contributed by atoms with van der Waals surface area (Å²) in [6.07, 6.45) is 1.63. The van der Waals surface area contributed by atoms with Crippen LogP contribution in [0, 0.1) is 13.8 Å². The molecular formula is C16H20ClN3. The SMILES string of the molecule is CNCCc1c(C)nc(Cc2ccccc2Cl)nc1C. The van der Waals surface area contributed by atoms with Crippen LogP contribution in [0.25, 0.3) is 0 Å². The lowest BCUT2D eigenvalue weighted by Gasteiger charge is -2.11. The van der Waals surface area contributed by atoms with Crippen LogP contribution in [0.4, 0.5) is 0 Å². The fourth-order valence-electron chi connectivity index (χ4n) is 2.31. The molecule has 1 aromatic carbocycles. The summed E-state index contributed by atoms with van der Waals surface area (Å²) >= 11 is 6.19. The maximum Gasteiger partial charge on any atom is 0.133 e. The van der Waals surface area contributed by atoms with Crippen LogP contribution in [0.2, 0.25) is 5.02 Å². The zero-order valence-electron chi connectivity index (χ0n) is 12.2. The van der Waals surface area contributed by atoms with Gasteiger partial charge in [-0.2, -0.15) is 0 Å². The van der Waals surface area contributed by atoms with Gasteiger partial charge in [0.2, 0.25) is 0 Å². The fourth-order valence-corrected chi connectivity index (χ4v) is 2.51. The standard InChI is InChI=1S/C16H20ClN3/c1-11-14(8-9-18-3)12(2)20-16(19-11)10-13-6-4-5-7-15(13)17/h4-7,18H,8-10H2,1-3H3. The lowest BCUT2D eigenvalue weighted by atomic mass is 10.1. The number of hydrogen-bond donors (Lipinski definition) is 1. The van der Waals surface area contributed by atoms with E-state index < -0.39 is 0 Å². The minimum atomic E-state index is 0.674. The third-order valence-electron chi connectivity index (χ3n) is 3.40. The first-order valence-corrected chi connectivity index (χ1v) is 7.20. The smallest absolute Gasteiger partial charge is 0.133 e. The van der Waals surface area contributed by atoms with Crippen LogP contribution >= 0.6 is 11.6 Å². The molecule has 1 N–H and O–H groups in total. The number of nitrogens with one attached hydrogen (secondary N) is 1. The second-order valence-electron chi connectivity index (χ2n) is 4.91. The summed E-state index contributed by atoms with van der Waals surface area (Å²) in [4.78, 5) is 9.25. The molecule has 2 aromatic rings. The van der Waals surface area contributed by atoms with Crippen LogP contribution in [0.1, 0.15) is 28.3 Å². The highest BCUT2D eigenvalue weighted by Gasteiger charge is 2.09. The third-order valence-corrected chi connectivity index (χ3v) is 3.77. The van der Waals surface area contributed by atoms with Crippen molar-refractivity contribution in [2.75, 3.05) is 13.6 Å². The van der Waals surface area contributed by atoms with Gasteiger partial charge in [-0.1, -0.05) is 29.8 Å². The predicted octanol–water partition coefficient (Wildman–Crippen LogP) is 3.10. The number of nitrogens with zero attached hydrogens (tertiary/aromatic N) is 2. The maximum atomic E-state index is 6.19. The van der Waals surface area contributed by atoms with Crippen LogP contribution in [0.3, 0.4) is 0 Å². The first-order valence-electron chi connectivity index (χ1n) is 6.82. The highest BCUT2D eigenvalue weighted by atomic mass is 35.5. The van der Waals surface area contributed by atoms with Crippen LogP contribution in [0.5, 0.6) is 0 Å². The van der Waals surface area contributed by atoms with Gasteiger partial charge >= 0.3 is 0 Å². The van der Waals surface area contributed by atoms with Crippen molar-refractivity contribution in [2.45, 2.75) is 26.7 Å². The maximum absolute atomic E-state index is 6.19. The zero-order valence-corrected chi connectivity index (χ0v) is 13.0. The number of benzene rings is 1. The molecule has 0 unspecified atom stereocenters. The van der Waals surface area contributed by atoms with Crippen molar-refractivity contribution in [3.63, 3.8) is 0 Å². The van der Waals surface area contributed by atoms with Gasteiger partial charge in [0.25, 0.3) is 0 Å². The third kappa shape index (κ3) is 3.56. The largest absolute Gasteiger partial charge is 0.319 e. The number of hydrogen-bond acceptors (Lipinski definition) is 3. The molecular weight excluding hydrogens is 270 g/mol. The Hall–Kier alpha value is -1.45. The molecule has 0 spiro atoms. The van der Waals surface area contributed by atoms with Crippen molar-refractivity contribution in [2.24, 2.45) is 0 Å². The van der Waals surface area contributed by atoms with E-state index in [-0.39, 0.29) is 0 Å². The summed E-state index contributed by atoms with van der Waals surface area (Å²) in [5, 5.41) is 3.93. The zero-order chi connectivity index (χ0) is 14.5. The van der Waals surface area contributed by atoms with E-state index in [4.69, 9.17) is 11.6 Å². The lowest BCUT2D eigenvalue weighted by Crippen LogP contribution is -2.14. The van der Waals surface area contributed by atoms with Crippen LogP contribution < -0.4 is 5.32 Å². The molecule has 0 aliphatic carbocycles. The molecule has 20 heavy (non-hydrogen) atoms.